The van der Waals surface area contributed by atoms with E-state index in [1.807, 2.05) is 6.79 Å². The van der Waals surface area contributed by atoms with Gasteiger partial charge in [-0.15, -0.1) is 0 Å². The molecule has 0 rings (SSSR count). The van der Waals surface area contributed by atoms with Gasteiger partial charge in [0.1, 0.15) is 6.79 Å². The van der Waals surface area contributed by atoms with Crippen molar-refractivity contribution in [3.05, 3.63) is 0 Å². The first-order valence-corrected chi connectivity index (χ1v) is 2.58. The van der Waals surface area contributed by atoms with Gasteiger partial charge in [0.05, 0.1) is 0 Å². The first-order valence-electron chi connectivity index (χ1n) is 1.38. The molecule has 0 radical (unpaired) electrons. The van der Waals surface area contributed by atoms with Crippen molar-refractivity contribution in [1.29, 1.82) is 0 Å². The van der Waals surface area contributed by atoms with E-state index in [2.05, 4.69) is 0 Å². The van der Waals surface area contributed by atoms with Crippen molar-refractivity contribution < 1.29 is 29.4 Å². The standard InChI is InChI=1S/CH2O2.CH2O.H3O3P/c2-1-3;1-2;1-4(2)3/h1H,(H,2,3);1H2;1-3H. The summed E-state index contributed by atoms with van der Waals surface area (Å²) < 4.78 is 0. The summed E-state index contributed by atoms with van der Waals surface area (Å²) in [4.78, 5) is 38.1. The molecule has 0 unspecified atom stereocenters. The largest absolute Gasteiger partial charge is 0.483 e. The number of rotatable bonds is 0. The lowest BCUT2D eigenvalue weighted by molar-refractivity contribution is -0.122. The average molecular weight is 158 g/mol. The topological polar surface area (TPSA) is 115 Å². The van der Waals surface area contributed by atoms with E-state index in [0.29, 0.717) is 0 Å². The van der Waals surface area contributed by atoms with E-state index in [1.165, 1.54) is 0 Å². The van der Waals surface area contributed by atoms with Crippen LogP contribution in [0.5, 0.6) is 0 Å². The molecule has 0 aromatic rings. The molecular formula is C2H7O6P. The zero-order valence-corrected chi connectivity index (χ0v) is 5.23. The second kappa shape index (κ2) is 26.0. The van der Waals surface area contributed by atoms with Gasteiger partial charge in [-0.1, -0.05) is 0 Å². The van der Waals surface area contributed by atoms with Gasteiger partial charge in [-0.2, -0.15) is 0 Å². The molecule has 0 saturated heterocycles. The van der Waals surface area contributed by atoms with Gasteiger partial charge >= 0.3 is 8.60 Å². The minimum atomic E-state index is -2.62. The highest BCUT2D eigenvalue weighted by atomic mass is 31.2. The van der Waals surface area contributed by atoms with Gasteiger partial charge in [0.15, 0.2) is 0 Å². The SMILES string of the molecule is C=O.O=CO.OP(O)O. The number of carbonyl (C=O) groups is 2. The van der Waals surface area contributed by atoms with E-state index < -0.39 is 8.60 Å². The monoisotopic (exact) mass is 158 g/mol. The molecule has 4 N–H and O–H groups in total. The second-order valence-electron chi connectivity index (χ2n) is 0.374. The Morgan fingerprint density at radius 2 is 1.22 bits per heavy atom. The van der Waals surface area contributed by atoms with Gasteiger partial charge in [0.25, 0.3) is 6.47 Å². The number of hydrogen-bond acceptors (Lipinski definition) is 5. The summed E-state index contributed by atoms with van der Waals surface area (Å²) >= 11 is 0. The highest BCUT2D eigenvalue weighted by Crippen LogP contribution is 2.11. The Morgan fingerprint density at radius 3 is 1.22 bits per heavy atom. The third-order valence-electron chi connectivity index (χ3n) is 0. The maximum atomic E-state index is 8.36. The summed E-state index contributed by atoms with van der Waals surface area (Å²) in [6, 6.07) is 0. The van der Waals surface area contributed by atoms with Crippen LogP contribution in [0.1, 0.15) is 0 Å². The van der Waals surface area contributed by atoms with Crippen LogP contribution in [-0.2, 0) is 9.59 Å². The van der Waals surface area contributed by atoms with Crippen LogP contribution in [0.15, 0.2) is 0 Å². The first-order chi connectivity index (χ1) is 4.15. The molecule has 0 aromatic heterocycles. The Balaban J connectivity index is -0.0000000646. The maximum absolute atomic E-state index is 8.36. The lowest BCUT2D eigenvalue weighted by Crippen LogP contribution is -1.54. The van der Waals surface area contributed by atoms with Gasteiger partial charge in [0.2, 0.25) is 0 Å². The Kier molecular flexibility index (Phi) is 45.7. The van der Waals surface area contributed by atoms with Crippen LogP contribution in [0.4, 0.5) is 0 Å². The summed E-state index contributed by atoms with van der Waals surface area (Å²) in [5.74, 6) is 0. The van der Waals surface area contributed by atoms with Crippen molar-refractivity contribution >= 4 is 21.9 Å². The Morgan fingerprint density at radius 1 is 1.22 bits per heavy atom. The molecule has 0 amide bonds. The predicted octanol–water partition coefficient (Wildman–Crippen LogP) is -1.29. The van der Waals surface area contributed by atoms with Crippen molar-refractivity contribution in [2.24, 2.45) is 0 Å². The zero-order valence-electron chi connectivity index (χ0n) is 4.34. The van der Waals surface area contributed by atoms with Gasteiger partial charge in [0, 0.05) is 0 Å². The maximum Gasteiger partial charge on any atom is 0.324 e. The van der Waals surface area contributed by atoms with Crippen LogP contribution in [0.3, 0.4) is 0 Å². The molecule has 0 spiro atoms. The summed E-state index contributed by atoms with van der Waals surface area (Å²) in [5, 5.41) is 6.89. The smallest absolute Gasteiger partial charge is 0.324 e. The zero-order chi connectivity index (χ0) is 8.28. The van der Waals surface area contributed by atoms with Crippen LogP contribution >= 0.6 is 8.60 Å². The van der Waals surface area contributed by atoms with Gasteiger partial charge in [-0.05, 0) is 0 Å². The van der Waals surface area contributed by atoms with E-state index in [1.54, 1.807) is 0 Å². The average Bonchev–Trinajstić information content (AvgIpc) is 1.71. The highest BCUT2D eigenvalue weighted by Gasteiger charge is 1.76. The second-order valence-corrected chi connectivity index (χ2v) is 0.910. The molecule has 0 aromatic carbocycles. The molecule has 0 fully saturated rings. The molecule has 0 aliphatic carbocycles. The molecule has 9 heavy (non-hydrogen) atoms. The fourth-order valence-electron chi connectivity index (χ4n) is 0. The summed E-state index contributed by atoms with van der Waals surface area (Å²) in [6.07, 6.45) is 0. The van der Waals surface area contributed by atoms with Gasteiger partial charge in [-0.25, -0.2) is 0 Å². The van der Waals surface area contributed by atoms with Crippen molar-refractivity contribution in [1.82, 2.24) is 0 Å². The molecule has 0 atom stereocenters. The van der Waals surface area contributed by atoms with Crippen molar-refractivity contribution in [3.63, 3.8) is 0 Å². The predicted molar refractivity (Wildman–Crippen MR) is 29.4 cm³/mol. The summed E-state index contributed by atoms with van der Waals surface area (Å²) in [7, 11) is -2.62. The summed E-state index contributed by atoms with van der Waals surface area (Å²) in [6.45, 7) is 1.75. The quantitative estimate of drug-likeness (QED) is 0.257. The molecule has 56 valence electrons. The lowest BCUT2D eigenvalue weighted by Gasteiger charge is -1.76. The summed E-state index contributed by atoms with van der Waals surface area (Å²) in [5.41, 5.74) is 0. The Hall–Kier alpha value is -0.550. The molecule has 0 aliphatic rings. The number of carboxylic acid groups (broad SMARTS) is 1. The first kappa shape index (κ1) is 15.8. The number of carbonyl (C=O) groups excluding carboxylic acids is 1. The molecule has 0 heterocycles. The molecule has 6 nitrogen and oxygen atoms in total. The van der Waals surface area contributed by atoms with Crippen molar-refractivity contribution in [3.8, 4) is 0 Å². The van der Waals surface area contributed by atoms with E-state index in [4.69, 9.17) is 29.4 Å². The van der Waals surface area contributed by atoms with Crippen molar-refractivity contribution in [2.75, 3.05) is 0 Å². The normalized spacial score (nSPS) is 5.78. The lowest BCUT2D eigenvalue weighted by atomic mass is 11.7. The number of hydrogen-bond donors (Lipinski definition) is 4. The highest BCUT2D eigenvalue weighted by molar-refractivity contribution is 7.38. The Labute approximate surface area is 52.4 Å². The van der Waals surface area contributed by atoms with Gasteiger partial charge in [-0.3, -0.25) is 4.79 Å². The molecule has 0 saturated carbocycles. The van der Waals surface area contributed by atoms with Crippen LogP contribution in [0.2, 0.25) is 0 Å². The fraction of sp³-hybridized carbons (Fsp3) is 0. The molecular weight excluding hydrogens is 151 g/mol. The van der Waals surface area contributed by atoms with Crippen LogP contribution < -0.4 is 0 Å². The van der Waals surface area contributed by atoms with Crippen LogP contribution in [-0.4, -0.2) is 33.0 Å². The minimum absolute atomic E-state index is 0.250. The fourth-order valence-corrected chi connectivity index (χ4v) is 0. The third-order valence-corrected chi connectivity index (χ3v) is 0. The third kappa shape index (κ3) is 732. The van der Waals surface area contributed by atoms with Crippen LogP contribution in [0.25, 0.3) is 0 Å². The van der Waals surface area contributed by atoms with Crippen LogP contribution in [0, 0.1) is 0 Å². The van der Waals surface area contributed by atoms with E-state index in [9.17, 15) is 0 Å². The van der Waals surface area contributed by atoms with E-state index in [-0.39, 0.29) is 6.47 Å². The van der Waals surface area contributed by atoms with E-state index >= 15 is 0 Å². The Bertz CT molecular complexity index is 43.6. The molecule has 0 bridgehead atoms. The molecule has 0 aliphatic heterocycles. The van der Waals surface area contributed by atoms with Crippen molar-refractivity contribution in [2.45, 2.75) is 0 Å². The minimum Gasteiger partial charge on any atom is -0.483 e. The van der Waals surface area contributed by atoms with Gasteiger partial charge < -0.3 is 24.6 Å². The van der Waals surface area contributed by atoms with E-state index in [0.717, 1.165) is 0 Å². The molecule has 7 heteroatoms.